The highest BCUT2D eigenvalue weighted by atomic mass is 16.5. The van der Waals surface area contributed by atoms with Crippen LogP contribution in [0.15, 0.2) is 0 Å². The molecule has 106 valence electrons. The molecule has 3 atom stereocenters. The fraction of sp³-hybridized carbons (Fsp3) is 1.00. The lowest BCUT2D eigenvalue weighted by molar-refractivity contribution is -0.113. The first-order valence-electron chi connectivity index (χ1n) is 7.34. The molecule has 1 aliphatic carbocycles. The molecule has 0 spiro atoms. The van der Waals surface area contributed by atoms with Crippen LogP contribution in [0, 0.1) is 0 Å². The highest BCUT2D eigenvalue weighted by Gasteiger charge is 2.37. The fourth-order valence-corrected chi connectivity index (χ4v) is 3.24. The first-order valence-corrected chi connectivity index (χ1v) is 7.34. The van der Waals surface area contributed by atoms with Crippen molar-refractivity contribution in [1.29, 1.82) is 0 Å². The highest BCUT2D eigenvalue weighted by molar-refractivity contribution is 4.90. The Balaban J connectivity index is 1.80. The summed E-state index contributed by atoms with van der Waals surface area (Å²) in [7, 11) is 1.82. The molecule has 18 heavy (non-hydrogen) atoms. The van der Waals surface area contributed by atoms with Gasteiger partial charge in [0.25, 0.3) is 0 Å². The molecule has 0 radical (unpaired) electrons. The number of rotatable bonds is 6. The number of unbranched alkanes of at least 4 members (excludes halogenated alkanes) is 2. The van der Waals surface area contributed by atoms with Crippen molar-refractivity contribution in [2.45, 2.75) is 56.8 Å². The molecular weight excluding hydrogens is 230 g/mol. The summed E-state index contributed by atoms with van der Waals surface area (Å²) in [5.74, 6) is 0. The van der Waals surface area contributed by atoms with Crippen molar-refractivity contribution in [1.82, 2.24) is 4.90 Å². The largest absolute Gasteiger partial charge is 0.396 e. The highest BCUT2D eigenvalue weighted by Crippen LogP contribution is 2.30. The van der Waals surface area contributed by atoms with Crippen molar-refractivity contribution in [3.8, 4) is 0 Å². The molecule has 1 aliphatic heterocycles. The summed E-state index contributed by atoms with van der Waals surface area (Å²) in [4.78, 5) is 2.58. The molecule has 2 aliphatic rings. The van der Waals surface area contributed by atoms with E-state index in [1.54, 1.807) is 0 Å². The maximum absolute atomic E-state index is 8.81. The standard InChI is InChI=1S/C14H27NO3/c1-17-12-5-6-14-13(11-12)15(8-10-18-14)7-3-2-4-9-16/h12-14,16H,2-11H2,1H3/t12-,13-,14-/m1/s1. The monoisotopic (exact) mass is 257 g/mol. The minimum atomic E-state index is 0.320. The Morgan fingerprint density at radius 2 is 2.17 bits per heavy atom. The van der Waals surface area contributed by atoms with E-state index in [1.165, 1.54) is 6.42 Å². The smallest absolute Gasteiger partial charge is 0.0732 e. The summed E-state index contributed by atoms with van der Waals surface area (Å²) >= 11 is 0. The third-order valence-corrected chi connectivity index (χ3v) is 4.32. The van der Waals surface area contributed by atoms with Gasteiger partial charge in [-0.2, -0.15) is 0 Å². The van der Waals surface area contributed by atoms with E-state index in [2.05, 4.69) is 4.90 Å². The van der Waals surface area contributed by atoms with E-state index < -0.39 is 0 Å². The lowest BCUT2D eigenvalue weighted by Crippen LogP contribution is -2.55. The molecule has 2 fully saturated rings. The number of fused-ring (bicyclic) bond motifs is 1. The molecule has 0 amide bonds. The zero-order valence-corrected chi connectivity index (χ0v) is 11.5. The second-order valence-corrected chi connectivity index (χ2v) is 5.47. The number of morpholine rings is 1. The predicted molar refractivity (Wildman–Crippen MR) is 70.7 cm³/mol. The molecule has 1 saturated heterocycles. The molecule has 0 aromatic carbocycles. The Bertz CT molecular complexity index is 237. The van der Waals surface area contributed by atoms with Crippen LogP contribution in [0.2, 0.25) is 0 Å². The Morgan fingerprint density at radius 3 is 2.94 bits per heavy atom. The van der Waals surface area contributed by atoms with Crippen LogP contribution < -0.4 is 0 Å². The summed E-state index contributed by atoms with van der Waals surface area (Å²) in [6.45, 7) is 3.39. The number of ether oxygens (including phenoxy) is 2. The van der Waals surface area contributed by atoms with Gasteiger partial charge in [0.2, 0.25) is 0 Å². The van der Waals surface area contributed by atoms with Crippen molar-refractivity contribution in [3.63, 3.8) is 0 Å². The van der Waals surface area contributed by atoms with Crippen LogP contribution in [0.1, 0.15) is 38.5 Å². The summed E-state index contributed by atoms with van der Waals surface area (Å²) in [5.41, 5.74) is 0. The number of hydrogen-bond acceptors (Lipinski definition) is 4. The minimum absolute atomic E-state index is 0.320. The van der Waals surface area contributed by atoms with E-state index in [9.17, 15) is 0 Å². The number of hydrogen-bond donors (Lipinski definition) is 1. The molecule has 0 aromatic rings. The maximum Gasteiger partial charge on any atom is 0.0732 e. The Labute approximate surface area is 110 Å². The van der Waals surface area contributed by atoms with Crippen molar-refractivity contribution in [3.05, 3.63) is 0 Å². The van der Waals surface area contributed by atoms with Gasteiger partial charge in [-0.15, -0.1) is 0 Å². The van der Waals surface area contributed by atoms with Gasteiger partial charge < -0.3 is 14.6 Å². The van der Waals surface area contributed by atoms with Crippen molar-refractivity contribution >= 4 is 0 Å². The third-order valence-electron chi connectivity index (χ3n) is 4.32. The molecule has 0 bridgehead atoms. The first-order chi connectivity index (χ1) is 8.85. The lowest BCUT2D eigenvalue weighted by atomic mass is 9.88. The zero-order valence-electron chi connectivity index (χ0n) is 11.5. The first kappa shape index (κ1) is 14.3. The predicted octanol–water partition coefficient (Wildman–Crippen LogP) is 1.42. The topological polar surface area (TPSA) is 41.9 Å². The van der Waals surface area contributed by atoms with Crippen LogP contribution in [0.4, 0.5) is 0 Å². The molecule has 0 unspecified atom stereocenters. The second-order valence-electron chi connectivity index (χ2n) is 5.47. The van der Waals surface area contributed by atoms with Crippen LogP contribution in [0.3, 0.4) is 0 Å². The van der Waals surface area contributed by atoms with E-state index in [0.29, 0.717) is 24.9 Å². The van der Waals surface area contributed by atoms with E-state index in [0.717, 1.165) is 51.8 Å². The van der Waals surface area contributed by atoms with E-state index in [1.807, 2.05) is 7.11 Å². The van der Waals surface area contributed by atoms with Gasteiger partial charge in [-0.3, -0.25) is 4.90 Å². The van der Waals surface area contributed by atoms with Crippen LogP contribution in [0.5, 0.6) is 0 Å². The average molecular weight is 257 g/mol. The summed E-state index contributed by atoms with van der Waals surface area (Å²) in [5, 5.41) is 8.81. The number of aliphatic hydroxyl groups is 1. The minimum Gasteiger partial charge on any atom is -0.396 e. The molecule has 1 heterocycles. The molecular formula is C14H27NO3. The van der Waals surface area contributed by atoms with Gasteiger partial charge in [0.1, 0.15) is 0 Å². The van der Waals surface area contributed by atoms with Gasteiger partial charge in [0, 0.05) is 26.3 Å². The summed E-state index contributed by atoms with van der Waals surface area (Å²) in [6, 6.07) is 0.548. The lowest BCUT2D eigenvalue weighted by Gasteiger charge is -2.45. The second kappa shape index (κ2) is 7.43. The third kappa shape index (κ3) is 3.67. The number of aliphatic hydroxyl groups excluding tert-OH is 1. The molecule has 1 N–H and O–H groups in total. The maximum atomic E-state index is 8.81. The van der Waals surface area contributed by atoms with Gasteiger partial charge in [0.15, 0.2) is 0 Å². The Hall–Kier alpha value is -0.160. The molecule has 2 rings (SSSR count). The van der Waals surface area contributed by atoms with Gasteiger partial charge in [0.05, 0.1) is 18.8 Å². The normalized spacial score (nSPS) is 33.3. The fourth-order valence-electron chi connectivity index (χ4n) is 3.24. The Kier molecular flexibility index (Phi) is 5.89. The molecule has 1 saturated carbocycles. The summed E-state index contributed by atoms with van der Waals surface area (Å²) in [6.07, 6.45) is 7.45. The number of nitrogens with zero attached hydrogens (tertiary/aromatic N) is 1. The quantitative estimate of drug-likeness (QED) is 0.731. The van der Waals surface area contributed by atoms with Crippen molar-refractivity contribution < 1.29 is 14.6 Å². The average Bonchev–Trinajstić information content (AvgIpc) is 2.43. The molecule has 4 heteroatoms. The van der Waals surface area contributed by atoms with Crippen LogP contribution in [0.25, 0.3) is 0 Å². The van der Waals surface area contributed by atoms with Crippen LogP contribution in [-0.4, -0.2) is 61.7 Å². The SMILES string of the molecule is CO[C@@H]1CC[C@H]2OCCN(CCCCCO)[C@@H]2C1. The van der Waals surface area contributed by atoms with Gasteiger partial charge >= 0.3 is 0 Å². The Morgan fingerprint density at radius 1 is 1.28 bits per heavy atom. The van der Waals surface area contributed by atoms with E-state index in [4.69, 9.17) is 14.6 Å². The molecule has 0 aromatic heterocycles. The van der Waals surface area contributed by atoms with Gasteiger partial charge in [-0.05, 0) is 45.1 Å². The van der Waals surface area contributed by atoms with Gasteiger partial charge in [-0.25, -0.2) is 0 Å². The molecule has 4 nitrogen and oxygen atoms in total. The number of methoxy groups -OCH3 is 1. The summed E-state index contributed by atoms with van der Waals surface area (Å²) < 4.78 is 11.4. The van der Waals surface area contributed by atoms with Crippen LogP contribution >= 0.6 is 0 Å². The zero-order chi connectivity index (χ0) is 12.8. The van der Waals surface area contributed by atoms with Gasteiger partial charge in [-0.1, -0.05) is 0 Å². The van der Waals surface area contributed by atoms with Crippen molar-refractivity contribution in [2.24, 2.45) is 0 Å². The van der Waals surface area contributed by atoms with Crippen molar-refractivity contribution in [2.75, 3.05) is 33.4 Å². The van der Waals surface area contributed by atoms with E-state index in [-0.39, 0.29) is 0 Å². The van der Waals surface area contributed by atoms with Crippen LogP contribution in [-0.2, 0) is 9.47 Å². The van der Waals surface area contributed by atoms with E-state index >= 15 is 0 Å².